The highest BCUT2D eigenvalue weighted by Gasteiger charge is 2.24. The molecular formula is C14H18ClN5O2. The lowest BCUT2D eigenvalue weighted by Crippen LogP contribution is -2.38. The van der Waals surface area contributed by atoms with Gasteiger partial charge in [-0.25, -0.2) is 9.97 Å². The van der Waals surface area contributed by atoms with Gasteiger partial charge in [-0.3, -0.25) is 0 Å². The molecule has 8 heteroatoms. The molecule has 0 unspecified atom stereocenters. The Morgan fingerprint density at radius 3 is 2.55 bits per heavy atom. The number of rotatable bonds is 4. The Hall–Kier alpha value is -1.89. The number of anilines is 1. The fourth-order valence-corrected chi connectivity index (χ4v) is 2.41. The van der Waals surface area contributed by atoms with Crippen molar-refractivity contribution in [3.63, 3.8) is 0 Å². The zero-order valence-electron chi connectivity index (χ0n) is 12.6. The average Bonchev–Trinajstić information content (AvgIpc) is 3.00. The Morgan fingerprint density at radius 2 is 1.95 bits per heavy atom. The third-order valence-electron chi connectivity index (χ3n) is 3.56. The standard InChI is InChI=1S/C14H18ClN5O2/c1-9(2)12-18-14(22-19-12)20-5-3-10(4-6-20)21-11-7-16-13(15)17-8-11/h7-10H,3-6H2,1-2H3. The van der Waals surface area contributed by atoms with Crippen molar-refractivity contribution >= 4 is 17.6 Å². The van der Waals surface area contributed by atoms with Crippen LogP contribution in [-0.4, -0.2) is 39.3 Å². The van der Waals surface area contributed by atoms with E-state index in [0.717, 1.165) is 31.8 Å². The highest BCUT2D eigenvalue weighted by Crippen LogP contribution is 2.23. The smallest absolute Gasteiger partial charge is 0.324 e. The van der Waals surface area contributed by atoms with Crippen molar-refractivity contribution in [3.05, 3.63) is 23.5 Å². The first-order valence-electron chi connectivity index (χ1n) is 7.34. The first-order chi connectivity index (χ1) is 10.6. The van der Waals surface area contributed by atoms with Crippen molar-refractivity contribution in [2.45, 2.75) is 38.7 Å². The van der Waals surface area contributed by atoms with E-state index in [0.29, 0.717) is 11.8 Å². The predicted octanol–water partition coefficient (Wildman–Crippen LogP) is 2.68. The van der Waals surface area contributed by atoms with Gasteiger partial charge in [0.2, 0.25) is 5.28 Å². The highest BCUT2D eigenvalue weighted by molar-refractivity contribution is 6.28. The summed E-state index contributed by atoms with van der Waals surface area (Å²) in [7, 11) is 0. The monoisotopic (exact) mass is 323 g/mol. The average molecular weight is 324 g/mol. The molecule has 2 aromatic rings. The first kappa shape index (κ1) is 15.0. The van der Waals surface area contributed by atoms with Crippen LogP contribution in [0.5, 0.6) is 5.75 Å². The molecule has 3 rings (SSSR count). The number of hydrogen-bond donors (Lipinski definition) is 0. The number of aromatic nitrogens is 4. The molecule has 0 amide bonds. The molecule has 0 N–H and O–H groups in total. The van der Waals surface area contributed by atoms with Gasteiger partial charge in [0.15, 0.2) is 11.6 Å². The van der Waals surface area contributed by atoms with Gasteiger partial charge < -0.3 is 14.2 Å². The van der Waals surface area contributed by atoms with Crippen LogP contribution in [0.15, 0.2) is 16.9 Å². The van der Waals surface area contributed by atoms with Crippen molar-refractivity contribution in [2.24, 2.45) is 0 Å². The summed E-state index contributed by atoms with van der Waals surface area (Å²) >= 11 is 5.66. The third kappa shape index (κ3) is 3.47. The molecule has 0 aromatic carbocycles. The molecule has 2 aromatic heterocycles. The number of nitrogens with zero attached hydrogens (tertiary/aromatic N) is 5. The summed E-state index contributed by atoms with van der Waals surface area (Å²) in [6.07, 6.45) is 5.07. The number of piperidine rings is 1. The topological polar surface area (TPSA) is 77.2 Å². The van der Waals surface area contributed by atoms with E-state index in [2.05, 4.69) is 25.0 Å². The molecular weight excluding hydrogens is 306 g/mol. The van der Waals surface area contributed by atoms with E-state index in [1.807, 2.05) is 13.8 Å². The van der Waals surface area contributed by atoms with Crippen LogP contribution < -0.4 is 9.64 Å². The predicted molar refractivity (Wildman–Crippen MR) is 81.3 cm³/mol. The molecule has 0 aliphatic carbocycles. The lowest BCUT2D eigenvalue weighted by atomic mass is 10.1. The van der Waals surface area contributed by atoms with Gasteiger partial charge in [-0.15, -0.1) is 0 Å². The molecule has 7 nitrogen and oxygen atoms in total. The van der Waals surface area contributed by atoms with Gasteiger partial charge in [-0.1, -0.05) is 19.0 Å². The Bertz CT molecular complexity index is 608. The molecule has 3 heterocycles. The maximum Gasteiger partial charge on any atom is 0.324 e. The van der Waals surface area contributed by atoms with Crippen molar-refractivity contribution in [1.82, 2.24) is 20.1 Å². The van der Waals surface area contributed by atoms with Crippen LogP contribution in [-0.2, 0) is 0 Å². The molecule has 0 saturated carbocycles. The number of hydrogen-bond acceptors (Lipinski definition) is 7. The fraction of sp³-hybridized carbons (Fsp3) is 0.571. The lowest BCUT2D eigenvalue weighted by Gasteiger charge is -2.30. The second-order valence-electron chi connectivity index (χ2n) is 5.58. The van der Waals surface area contributed by atoms with Gasteiger partial charge in [0, 0.05) is 31.8 Å². The third-order valence-corrected chi connectivity index (χ3v) is 3.75. The van der Waals surface area contributed by atoms with Gasteiger partial charge in [0.1, 0.15) is 6.10 Å². The maximum absolute atomic E-state index is 5.86. The van der Waals surface area contributed by atoms with Crippen LogP contribution in [0.3, 0.4) is 0 Å². The summed E-state index contributed by atoms with van der Waals surface area (Å²) in [5.41, 5.74) is 0. The molecule has 1 fully saturated rings. The summed E-state index contributed by atoms with van der Waals surface area (Å²) in [6, 6.07) is 0.594. The molecule has 0 radical (unpaired) electrons. The summed E-state index contributed by atoms with van der Waals surface area (Å²) in [4.78, 5) is 14.3. The molecule has 0 spiro atoms. The Kier molecular flexibility index (Phi) is 4.42. The molecule has 1 aliphatic rings. The molecule has 118 valence electrons. The van der Waals surface area contributed by atoms with Crippen LogP contribution in [0.1, 0.15) is 38.4 Å². The minimum Gasteiger partial charge on any atom is -0.487 e. The lowest BCUT2D eigenvalue weighted by molar-refractivity contribution is 0.167. The molecule has 1 saturated heterocycles. The minimum atomic E-state index is 0.133. The van der Waals surface area contributed by atoms with Gasteiger partial charge in [-0.2, -0.15) is 4.98 Å². The second-order valence-corrected chi connectivity index (χ2v) is 5.92. The summed E-state index contributed by atoms with van der Waals surface area (Å²) in [5, 5.41) is 4.22. The van der Waals surface area contributed by atoms with Crippen molar-refractivity contribution in [1.29, 1.82) is 0 Å². The van der Waals surface area contributed by atoms with E-state index in [9.17, 15) is 0 Å². The molecule has 1 aliphatic heterocycles. The number of ether oxygens (including phenoxy) is 1. The highest BCUT2D eigenvalue weighted by atomic mass is 35.5. The van der Waals surface area contributed by atoms with E-state index in [-0.39, 0.29) is 17.3 Å². The van der Waals surface area contributed by atoms with E-state index < -0.39 is 0 Å². The normalized spacial score (nSPS) is 16.3. The zero-order chi connectivity index (χ0) is 15.5. The first-order valence-corrected chi connectivity index (χ1v) is 7.72. The van der Waals surface area contributed by atoms with Crippen molar-refractivity contribution in [2.75, 3.05) is 18.0 Å². The Balaban J connectivity index is 1.54. The molecule has 0 atom stereocenters. The van der Waals surface area contributed by atoms with Crippen LogP contribution in [0.25, 0.3) is 0 Å². The Labute approximate surface area is 133 Å². The van der Waals surface area contributed by atoms with Gasteiger partial charge >= 0.3 is 6.01 Å². The van der Waals surface area contributed by atoms with Crippen LogP contribution >= 0.6 is 11.6 Å². The van der Waals surface area contributed by atoms with Gasteiger partial charge in [0.25, 0.3) is 0 Å². The molecule has 0 bridgehead atoms. The Morgan fingerprint density at radius 1 is 1.27 bits per heavy atom. The van der Waals surface area contributed by atoms with E-state index in [1.165, 1.54) is 0 Å². The zero-order valence-corrected chi connectivity index (χ0v) is 13.3. The van der Waals surface area contributed by atoms with Crippen molar-refractivity contribution < 1.29 is 9.26 Å². The molecule has 22 heavy (non-hydrogen) atoms. The SMILES string of the molecule is CC(C)c1noc(N2CCC(Oc3cnc(Cl)nc3)CC2)n1. The van der Waals surface area contributed by atoms with Crippen LogP contribution in [0.4, 0.5) is 6.01 Å². The minimum absolute atomic E-state index is 0.133. The summed E-state index contributed by atoms with van der Waals surface area (Å²) in [5.74, 6) is 1.65. The quantitative estimate of drug-likeness (QED) is 0.800. The van der Waals surface area contributed by atoms with Crippen LogP contribution in [0.2, 0.25) is 5.28 Å². The second kappa shape index (κ2) is 6.48. The van der Waals surface area contributed by atoms with E-state index in [4.69, 9.17) is 20.9 Å². The van der Waals surface area contributed by atoms with Crippen LogP contribution in [0, 0.1) is 0 Å². The van der Waals surface area contributed by atoms with Gasteiger partial charge in [0.05, 0.1) is 12.4 Å². The summed E-state index contributed by atoms with van der Waals surface area (Å²) in [6.45, 7) is 5.73. The summed E-state index contributed by atoms with van der Waals surface area (Å²) < 4.78 is 11.2. The van der Waals surface area contributed by atoms with E-state index in [1.54, 1.807) is 12.4 Å². The maximum atomic E-state index is 5.86. The largest absolute Gasteiger partial charge is 0.487 e. The van der Waals surface area contributed by atoms with E-state index >= 15 is 0 Å². The van der Waals surface area contributed by atoms with Gasteiger partial charge in [-0.05, 0) is 11.6 Å². The number of halogens is 1. The van der Waals surface area contributed by atoms with Crippen molar-refractivity contribution in [3.8, 4) is 5.75 Å². The fourth-order valence-electron chi connectivity index (χ4n) is 2.31.